The van der Waals surface area contributed by atoms with Crippen molar-refractivity contribution in [2.24, 2.45) is 0 Å². The maximum absolute atomic E-state index is 12.3. The van der Waals surface area contributed by atoms with Gasteiger partial charge in [0.2, 0.25) is 15.9 Å². The van der Waals surface area contributed by atoms with Crippen LogP contribution >= 0.6 is 11.6 Å². The van der Waals surface area contributed by atoms with Crippen LogP contribution in [0, 0.1) is 0 Å². The third-order valence-corrected chi connectivity index (χ3v) is 6.09. The summed E-state index contributed by atoms with van der Waals surface area (Å²) in [6.07, 6.45) is 3.52. The second kappa shape index (κ2) is 8.84. The maximum atomic E-state index is 12.3. The standard InChI is InChI=1S/C20H24ClN3O3S/c1-28(26,27)24(19-10-6-17(21)7-11-19)15-20(25)22-14-16-4-8-18(9-5-16)23-12-2-3-13-23/h4-11H,2-3,12-15H2,1H3,(H,22,25). The summed E-state index contributed by atoms with van der Waals surface area (Å²) in [7, 11) is -3.60. The molecule has 0 aromatic heterocycles. The Kier molecular flexibility index (Phi) is 6.46. The number of rotatable bonds is 7. The van der Waals surface area contributed by atoms with Crippen molar-refractivity contribution in [2.75, 3.05) is 35.1 Å². The lowest BCUT2D eigenvalue weighted by atomic mass is 10.2. The van der Waals surface area contributed by atoms with E-state index in [9.17, 15) is 13.2 Å². The monoisotopic (exact) mass is 421 g/mol. The van der Waals surface area contributed by atoms with Gasteiger partial charge in [0.1, 0.15) is 6.54 Å². The van der Waals surface area contributed by atoms with Crippen molar-refractivity contribution in [3.05, 3.63) is 59.1 Å². The summed E-state index contributed by atoms with van der Waals surface area (Å²) in [5.74, 6) is -0.371. The normalized spacial score (nSPS) is 14.1. The molecule has 1 heterocycles. The van der Waals surface area contributed by atoms with Crippen molar-refractivity contribution in [3.8, 4) is 0 Å². The molecule has 1 fully saturated rings. The number of carbonyl (C=O) groups is 1. The Morgan fingerprint density at radius 1 is 1.07 bits per heavy atom. The first kappa shape index (κ1) is 20.5. The summed E-state index contributed by atoms with van der Waals surface area (Å²) in [5.41, 5.74) is 2.56. The van der Waals surface area contributed by atoms with E-state index in [2.05, 4.69) is 22.3 Å². The highest BCUT2D eigenvalue weighted by Gasteiger charge is 2.20. The molecule has 1 saturated heterocycles. The summed E-state index contributed by atoms with van der Waals surface area (Å²) in [6, 6.07) is 14.4. The predicted molar refractivity (Wildman–Crippen MR) is 113 cm³/mol. The quantitative estimate of drug-likeness (QED) is 0.746. The molecule has 3 rings (SSSR count). The Balaban J connectivity index is 1.59. The zero-order valence-electron chi connectivity index (χ0n) is 15.8. The Labute approximate surface area is 171 Å². The number of hydrogen-bond acceptors (Lipinski definition) is 4. The van der Waals surface area contributed by atoms with Gasteiger partial charge in [-0.2, -0.15) is 0 Å². The number of nitrogens with one attached hydrogen (secondary N) is 1. The third-order valence-electron chi connectivity index (χ3n) is 4.70. The van der Waals surface area contributed by atoms with Gasteiger partial charge in [-0.25, -0.2) is 8.42 Å². The van der Waals surface area contributed by atoms with E-state index in [1.165, 1.54) is 18.5 Å². The second-order valence-electron chi connectivity index (χ2n) is 6.88. The van der Waals surface area contributed by atoms with Crippen molar-refractivity contribution in [3.63, 3.8) is 0 Å². The molecule has 1 aliphatic heterocycles. The Bertz CT molecular complexity index is 909. The van der Waals surface area contributed by atoms with Crippen LogP contribution in [-0.4, -0.2) is 40.2 Å². The van der Waals surface area contributed by atoms with Gasteiger partial charge in [0.15, 0.2) is 0 Å². The van der Waals surface area contributed by atoms with Crippen LogP contribution in [0.25, 0.3) is 0 Å². The van der Waals surface area contributed by atoms with Gasteiger partial charge < -0.3 is 10.2 Å². The molecule has 0 saturated carbocycles. The first-order valence-corrected chi connectivity index (χ1v) is 11.4. The number of halogens is 1. The van der Waals surface area contributed by atoms with Crippen molar-refractivity contribution < 1.29 is 13.2 Å². The molecule has 0 radical (unpaired) electrons. The molecule has 6 nitrogen and oxygen atoms in total. The molecule has 0 atom stereocenters. The van der Waals surface area contributed by atoms with E-state index in [0.717, 1.165) is 29.2 Å². The smallest absolute Gasteiger partial charge is 0.241 e. The van der Waals surface area contributed by atoms with E-state index in [-0.39, 0.29) is 12.5 Å². The summed E-state index contributed by atoms with van der Waals surface area (Å²) < 4.78 is 25.3. The Morgan fingerprint density at radius 3 is 2.25 bits per heavy atom. The van der Waals surface area contributed by atoms with Gasteiger partial charge in [0.05, 0.1) is 11.9 Å². The molecule has 0 aliphatic carbocycles. The number of amides is 1. The Morgan fingerprint density at radius 2 is 1.68 bits per heavy atom. The van der Waals surface area contributed by atoms with Crippen molar-refractivity contribution in [2.45, 2.75) is 19.4 Å². The minimum atomic E-state index is -3.60. The molecule has 8 heteroatoms. The van der Waals surface area contributed by atoms with Gasteiger partial charge in [0, 0.05) is 30.3 Å². The second-order valence-corrected chi connectivity index (χ2v) is 9.23. The molecule has 0 unspecified atom stereocenters. The number of benzene rings is 2. The van der Waals surface area contributed by atoms with Crippen molar-refractivity contribution in [1.82, 2.24) is 5.32 Å². The van der Waals surface area contributed by atoms with Crippen LogP contribution in [0.2, 0.25) is 5.02 Å². The summed E-state index contributed by atoms with van der Waals surface area (Å²) in [5, 5.41) is 3.29. The fraction of sp³-hybridized carbons (Fsp3) is 0.350. The highest BCUT2D eigenvalue weighted by molar-refractivity contribution is 7.92. The van der Waals surface area contributed by atoms with Gasteiger partial charge in [-0.05, 0) is 54.8 Å². The molecule has 0 spiro atoms. The highest BCUT2D eigenvalue weighted by Crippen LogP contribution is 2.21. The van der Waals surface area contributed by atoms with Crippen LogP contribution in [0.5, 0.6) is 0 Å². The molecule has 28 heavy (non-hydrogen) atoms. The maximum Gasteiger partial charge on any atom is 0.241 e. The summed E-state index contributed by atoms with van der Waals surface area (Å²) in [6.45, 7) is 2.23. The van der Waals surface area contributed by atoms with E-state index >= 15 is 0 Å². The highest BCUT2D eigenvalue weighted by atomic mass is 35.5. The number of anilines is 2. The molecule has 2 aromatic rings. The largest absolute Gasteiger partial charge is 0.372 e. The minimum Gasteiger partial charge on any atom is -0.372 e. The van der Waals surface area contributed by atoms with Gasteiger partial charge in [-0.15, -0.1) is 0 Å². The average Bonchev–Trinajstić information content (AvgIpc) is 3.20. The Hall–Kier alpha value is -2.25. The van der Waals surface area contributed by atoms with Crippen LogP contribution in [-0.2, 0) is 21.4 Å². The zero-order chi connectivity index (χ0) is 20.1. The lowest BCUT2D eigenvalue weighted by Crippen LogP contribution is -2.40. The predicted octanol–water partition coefficient (Wildman–Crippen LogP) is 3.02. The topological polar surface area (TPSA) is 69.7 Å². The fourth-order valence-electron chi connectivity index (χ4n) is 3.19. The van der Waals surface area contributed by atoms with Gasteiger partial charge in [-0.1, -0.05) is 23.7 Å². The first-order valence-electron chi connectivity index (χ1n) is 9.17. The molecule has 2 aromatic carbocycles. The van der Waals surface area contributed by atoms with Crippen LogP contribution < -0.4 is 14.5 Å². The van der Waals surface area contributed by atoms with Crippen LogP contribution in [0.3, 0.4) is 0 Å². The number of nitrogens with zero attached hydrogens (tertiary/aromatic N) is 2. The number of hydrogen-bond donors (Lipinski definition) is 1. The molecule has 0 bridgehead atoms. The van der Waals surface area contributed by atoms with E-state index in [1.807, 2.05) is 12.1 Å². The molecular formula is C20H24ClN3O3S. The van der Waals surface area contributed by atoms with E-state index in [4.69, 9.17) is 11.6 Å². The van der Waals surface area contributed by atoms with E-state index in [1.54, 1.807) is 24.3 Å². The van der Waals surface area contributed by atoms with Gasteiger partial charge in [-0.3, -0.25) is 9.10 Å². The molecule has 1 N–H and O–H groups in total. The lowest BCUT2D eigenvalue weighted by molar-refractivity contribution is -0.119. The van der Waals surface area contributed by atoms with E-state index in [0.29, 0.717) is 17.3 Å². The number of carbonyl (C=O) groups excluding carboxylic acids is 1. The van der Waals surface area contributed by atoms with E-state index < -0.39 is 10.0 Å². The van der Waals surface area contributed by atoms with Crippen molar-refractivity contribution >= 4 is 38.9 Å². The molecule has 1 aliphatic rings. The minimum absolute atomic E-state index is 0.285. The van der Waals surface area contributed by atoms with Gasteiger partial charge in [0.25, 0.3) is 0 Å². The van der Waals surface area contributed by atoms with Gasteiger partial charge >= 0.3 is 0 Å². The number of sulfonamides is 1. The lowest BCUT2D eigenvalue weighted by Gasteiger charge is -2.22. The molecule has 150 valence electrons. The fourth-order valence-corrected chi connectivity index (χ4v) is 4.18. The van der Waals surface area contributed by atoms with Crippen LogP contribution in [0.4, 0.5) is 11.4 Å². The van der Waals surface area contributed by atoms with Crippen LogP contribution in [0.15, 0.2) is 48.5 Å². The first-order chi connectivity index (χ1) is 13.3. The zero-order valence-corrected chi connectivity index (χ0v) is 17.3. The summed E-state index contributed by atoms with van der Waals surface area (Å²) >= 11 is 5.86. The molecule has 1 amide bonds. The SMILES string of the molecule is CS(=O)(=O)N(CC(=O)NCc1ccc(N2CCCC2)cc1)c1ccc(Cl)cc1. The molecular weight excluding hydrogens is 398 g/mol. The van der Waals surface area contributed by atoms with Crippen molar-refractivity contribution in [1.29, 1.82) is 0 Å². The summed E-state index contributed by atoms with van der Waals surface area (Å²) in [4.78, 5) is 14.7. The third kappa shape index (κ3) is 5.39. The van der Waals surface area contributed by atoms with Crippen LogP contribution in [0.1, 0.15) is 18.4 Å². The average molecular weight is 422 g/mol.